The zero-order valence-corrected chi connectivity index (χ0v) is 6.35. The van der Waals surface area contributed by atoms with Crippen LogP contribution in [0.2, 0.25) is 0 Å². The first-order chi connectivity index (χ1) is 2.41. The van der Waals surface area contributed by atoms with Gasteiger partial charge >= 0.3 is 0 Å². The highest BCUT2D eigenvalue weighted by Gasteiger charge is 1.29. The van der Waals surface area contributed by atoms with Crippen molar-refractivity contribution in [2.24, 2.45) is 0 Å². The number of hydrogen-bond acceptors (Lipinski definition) is 0. The van der Waals surface area contributed by atoms with Crippen LogP contribution in [0.1, 0.15) is 0 Å². The molecule has 0 atom stereocenters. The van der Waals surface area contributed by atoms with Crippen molar-refractivity contribution < 1.29 is 17.7 Å². The van der Waals surface area contributed by atoms with Gasteiger partial charge in [-0.05, 0) is 0 Å². The fourth-order valence-electron chi connectivity index (χ4n) is 0. The summed E-state index contributed by atoms with van der Waals surface area (Å²) in [5.41, 5.74) is 0. The topological polar surface area (TPSA) is 16.6 Å². The summed E-state index contributed by atoms with van der Waals surface area (Å²) < 4.78 is 0. The minimum atomic E-state index is 0. The lowest BCUT2D eigenvalue weighted by Crippen LogP contribution is -3.00. The Balaban J connectivity index is -0.0000000105. The van der Waals surface area contributed by atoms with Crippen molar-refractivity contribution >= 4 is 12.4 Å². The number of hydrogen-bond donors (Lipinski definition) is 1. The predicted molar refractivity (Wildman–Crippen MR) is 32.3 cm³/mol. The van der Waals surface area contributed by atoms with Gasteiger partial charge in [0.1, 0.15) is 0 Å². The van der Waals surface area contributed by atoms with Crippen LogP contribution in [0.25, 0.3) is 0 Å². The Hall–Kier alpha value is 0.280. The van der Waals surface area contributed by atoms with E-state index in [2.05, 4.69) is 13.2 Å². The third-order valence-corrected chi connectivity index (χ3v) is 0. The van der Waals surface area contributed by atoms with E-state index >= 15 is 0 Å². The summed E-state index contributed by atoms with van der Waals surface area (Å²) in [5.74, 6) is 0. The molecule has 0 aliphatic heterocycles. The molecule has 0 rings (SSSR count). The molecule has 7 heavy (non-hydrogen) atoms. The lowest BCUT2D eigenvalue weighted by atomic mass is 11.3. The van der Waals surface area contributed by atoms with Crippen LogP contribution in [0.5, 0.6) is 0 Å². The van der Waals surface area contributed by atoms with Crippen molar-refractivity contribution in [1.82, 2.24) is 0 Å². The van der Waals surface area contributed by atoms with E-state index in [0.29, 0.717) is 0 Å². The molecule has 48 valence electrons. The molecule has 0 aromatic carbocycles. The van der Waals surface area contributed by atoms with Crippen LogP contribution in [-0.2, 0) is 0 Å². The number of rotatable bonds is 0. The average molecular weight is 146 g/mol. The number of halogens is 2. The van der Waals surface area contributed by atoms with Crippen molar-refractivity contribution in [1.29, 1.82) is 0 Å². The molecule has 0 radical (unpaired) electrons. The Labute approximate surface area is 58.0 Å². The molecule has 0 aromatic heterocycles. The Kier molecular flexibility index (Phi) is 407. The molecule has 0 aromatic rings. The van der Waals surface area contributed by atoms with Crippen molar-refractivity contribution in [2.75, 3.05) is 14.1 Å². The number of nitrogens with two attached hydrogens (primary N) is 1. The highest BCUT2D eigenvalue weighted by atomic mass is 35.5. The summed E-state index contributed by atoms with van der Waals surface area (Å²) in [6.45, 7) is 6.00. The zero-order valence-electron chi connectivity index (χ0n) is 4.78. The van der Waals surface area contributed by atoms with Gasteiger partial charge in [-0.3, -0.25) is 0 Å². The normalized spacial score (nSPS) is 3.14. The van der Waals surface area contributed by atoms with Crippen LogP contribution in [0.15, 0.2) is 13.2 Å². The summed E-state index contributed by atoms with van der Waals surface area (Å²) in [7, 11) is 4.00. The van der Waals surface area contributed by atoms with Crippen LogP contribution in [0, 0.1) is 0 Å². The molecule has 0 aliphatic carbocycles. The fourth-order valence-corrected chi connectivity index (χ4v) is 0. The van der Waals surface area contributed by atoms with Gasteiger partial charge in [-0.15, -0.1) is 25.6 Å². The van der Waals surface area contributed by atoms with Crippen molar-refractivity contribution in [3.05, 3.63) is 13.2 Å². The molecule has 0 fully saturated rings. The molecule has 1 nitrogen and oxygen atoms in total. The van der Waals surface area contributed by atoms with Crippen LogP contribution >= 0.6 is 12.4 Å². The predicted octanol–water partition coefficient (Wildman–Crippen LogP) is -2.96. The van der Waals surface area contributed by atoms with Crippen molar-refractivity contribution in [3.8, 4) is 0 Å². The van der Waals surface area contributed by atoms with Gasteiger partial charge in [-0.2, -0.15) is 0 Å². The second-order valence-corrected chi connectivity index (χ2v) is 0.577. The van der Waals surface area contributed by atoms with Crippen LogP contribution in [-0.4, -0.2) is 14.1 Å². The maximum atomic E-state index is 3.00. The van der Waals surface area contributed by atoms with Gasteiger partial charge in [0.05, 0.1) is 14.1 Å². The molecule has 3 heteroatoms. The van der Waals surface area contributed by atoms with E-state index < -0.39 is 0 Å². The van der Waals surface area contributed by atoms with E-state index in [1.807, 2.05) is 19.4 Å². The zero-order chi connectivity index (χ0) is 4.71. The first-order valence-corrected chi connectivity index (χ1v) is 1.65. The summed E-state index contributed by atoms with van der Waals surface area (Å²) >= 11 is 0. The second kappa shape index (κ2) is 107. The average Bonchev–Trinajstić information content (AvgIpc) is 1.46. The minimum Gasteiger partial charge on any atom is -1.00 e. The molecule has 0 unspecified atom stereocenters. The van der Waals surface area contributed by atoms with E-state index in [1.165, 1.54) is 0 Å². The SMILES string of the molecule is C=C.C[NH2+]C.Cl.[Cl-]. The molecule has 0 aliphatic rings. The monoisotopic (exact) mass is 145 g/mol. The van der Waals surface area contributed by atoms with Crippen molar-refractivity contribution in [3.63, 3.8) is 0 Å². The van der Waals surface area contributed by atoms with Crippen LogP contribution in [0.4, 0.5) is 0 Å². The third-order valence-electron chi connectivity index (χ3n) is 0. The van der Waals surface area contributed by atoms with Gasteiger partial charge in [0.25, 0.3) is 0 Å². The first kappa shape index (κ1) is 26.7. The summed E-state index contributed by atoms with van der Waals surface area (Å²) in [6.07, 6.45) is 0. The summed E-state index contributed by atoms with van der Waals surface area (Å²) in [5, 5.41) is 2.00. The summed E-state index contributed by atoms with van der Waals surface area (Å²) in [6, 6.07) is 0. The van der Waals surface area contributed by atoms with E-state index in [4.69, 9.17) is 0 Å². The highest BCUT2D eigenvalue weighted by molar-refractivity contribution is 5.85. The third kappa shape index (κ3) is 1470. The van der Waals surface area contributed by atoms with Gasteiger partial charge in [-0.25, -0.2) is 0 Å². The second-order valence-electron chi connectivity index (χ2n) is 0.577. The van der Waals surface area contributed by atoms with E-state index in [1.54, 1.807) is 0 Å². The van der Waals surface area contributed by atoms with Crippen LogP contribution < -0.4 is 17.7 Å². The lowest BCUT2D eigenvalue weighted by Gasteiger charge is -1.57. The molecular formula is C4H13Cl2N. The molecule has 2 N–H and O–H groups in total. The van der Waals surface area contributed by atoms with Gasteiger partial charge < -0.3 is 17.7 Å². The molecule has 0 heterocycles. The molecule has 0 saturated carbocycles. The molecular weight excluding hydrogens is 133 g/mol. The Morgan fingerprint density at radius 1 is 1.14 bits per heavy atom. The first-order valence-electron chi connectivity index (χ1n) is 1.65. The smallest absolute Gasteiger partial charge is 0.0647 e. The van der Waals surface area contributed by atoms with E-state index in [-0.39, 0.29) is 24.8 Å². The molecule has 0 amide bonds. The Bertz CT molecular complexity index is 13.7. The minimum absolute atomic E-state index is 0. The molecule has 0 saturated heterocycles. The van der Waals surface area contributed by atoms with E-state index in [9.17, 15) is 0 Å². The largest absolute Gasteiger partial charge is 1.00 e. The maximum Gasteiger partial charge on any atom is 0.0647 e. The quantitative estimate of drug-likeness (QED) is 0.352. The Morgan fingerprint density at radius 3 is 1.14 bits per heavy atom. The van der Waals surface area contributed by atoms with Crippen LogP contribution in [0.3, 0.4) is 0 Å². The van der Waals surface area contributed by atoms with Gasteiger partial charge in [0.2, 0.25) is 0 Å². The van der Waals surface area contributed by atoms with Gasteiger partial charge in [0, 0.05) is 0 Å². The Morgan fingerprint density at radius 2 is 1.14 bits per heavy atom. The maximum absolute atomic E-state index is 3.00. The highest BCUT2D eigenvalue weighted by Crippen LogP contribution is 0.862. The fraction of sp³-hybridized carbons (Fsp3) is 0.500. The van der Waals surface area contributed by atoms with Gasteiger partial charge in [0.15, 0.2) is 0 Å². The lowest BCUT2D eigenvalue weighted by molar-refractivity contribution is -0.597. The summed E-state index contributed by atoms with van der Waals surface area (Å²) in [4.78, 5) is 0. The number of quaternary nitrogens is 1. The van der Waals surface area contributed by atoms with E-state index in [0.717, 1.165) is 0 Å². The molecule has 0 bridgehead atoms. The standard InChI is InChI=1S/C2H7N.C2H4.2ClH/c1-3-2;1-2;;/h3H,1-2H3;1-2H2;2*1H. The van der Waals surface area contributed by atoms with Gasteiger partial charge in [-0.1, -0.05) is 0 Å². The van der Waals surface area contributed by atoms with Crippen molar-refractivity contribution in [2.45, 2.75) is 0 Å². The molecule has 0 spiro atoms.